The number of methoxy groups -OCH3 is 1. The first-order chi connectivity index (χ1) is 8.29. The first kappa shape index (κ1) is 12.1. The summed E-state index contributed by atoms with van der Waals surface area (Å²) in [6.07, 6.45) is 1.13. The van der Waals surface area contributed by atoms with Crippen LogP contribution in [-0.4, -0.2) is 37.8 Å². The van der Waals surface area contributed by atoms with Gasteiger partial charge in [0.2, 0.25) is 0 Å². The second-order valence-electron chi connectivity index (χ2n) is 4.25. The van der Waals surface area contributed by atoms with E-state index in [-0.39, 0.29) is 5.97 Å². The highest BCUT2D eigenvalue weighted by Gasteiger charge is 2.15. The molecule has 1 aliphatic heterocycles. The molecule has 1 unspecified atom stereocenters. The Morgan fingerprint density at radius 3 is 3.24 bits per heavy atom. The van der Waals surface area contributed by atoms with Gasteiger partial charge in [0.05, 0.1) is 13.7 Å². The maximum Gasteiger partial charge on any atom is 0.354 e. The average Bonchev–Trinajstić information content (AvgIpc) is 2.99. The molecule has 0 spiro atoms. The SMILES string of the molecule is COC(=O)c1ccc(CNCC2CCOC2)[nH]1. The number of carbonyl (C=O) groups excluding carboxylic acids is 1. The number of ether oxygens (including phenoxy) is 2. The van der Waals surface area contributed by atoms with E-state index < -0.39 is 0 Å². The van der Waals surface area contributed by atoms with Crippen LogP contribution in [0.25, 0.3) is 0 Å². The standard InChI is InChI=1S/C12H18N2O3/c1-16-12(15)11-3-2-10(14-11)7-13-6-9-4-5-17-8-9/h2-3,9,13-14H,4-8H2,1H3. The minimum Gasteiger partial charge on any atom is -0.464 e. The molecule has 5 heteroatoms. The van der Waals surface area contributed by atoms with Crippen LogP contribution in [0.4, 0.5) is 0 Å². The predicted octanol–water partition coefficient (Wildman–Crippen LogP) is 0.927. The molecule has 2 heterocycles. The lowest BCUT2D eigenvalue weighted by Gasteiger charge is -2.08. The molecule has 2 rings (SSSR count). The van der Waals surface area contributed by atoms with Crippen LogP contribution in [0, 0.1) is 5.92 Å². The van der Waals surface area contributed by atoms with Gasteiger partial charge in [-0.15, -0.1) is 0 Å². The van der Waals surface area contributed by atoms with Crippen LogP contribution in [0.2, 0.25) is 0 Å². The van der Waals surface area contributed by atoms with Gasteiger partial charge in [-0.25, -0.2) is 4.79 Å². The molecule has 1 aromatic heterocycles. The molecule has 0 saturated carbocycles. The minimum absolute atomic E-state index is 0.333. The Balaban J connectivity index is 1.74. The third kappa shape index (κ3) is 3.31. The summed E-state index contributed by atoms with van der Waals surface area (Å²) in [5.41, 5.74) is 1.48. The largest absolute Gasteiger partial charge is 0.464 e. The molecule has 17 heavy (non-hydrogen) atoms. The van der Waals surface area contributed by atoms with E-state index in [4.69, 9.17) is 4.74 Å². The van der Waals surface area contributed by atoms with Gasteiger partial charge >= 0.3 is 5.97 Å². The fraction of sp³-hybridized carbons (Fsp3) is 0.583. The van der Waals surface area contributed by atoms with Crippen LogP contribution in [0.15, 0.2) is 12.1 Å². The number of hydrogen-bond acceptors (Lipinski definition) is 4. The fourth-order valence-corrected chi connectivity index (χ4v) is 1.93. The van der Waals surface area contributed by atoms with Crippen LogP contribution < -0.4 is 5.32 Å². The van der Waals surface area contributed by atoms with Crippen LogP contribution in [0.3, 0.4) is 0 Å². The molecule has 0 bridgehead atoms. The topological polar surface area (TPSA) is 63.4 Å². The molecule has 5 nitrogen and oxygen atoms in total. The number of aromatic nitrogens is 1. The molecular weight excluding hydrogens is 220 g/mol. The Morgan fingerprint density at radius 1 is 1.65 bits per heavy atom. The van der Waals surface area contributed by atoms with Crippen LogP contribution in [-0.2, 0) is 16.0 Å². The van der Waals surface area contributed by atoms with E-state index in [0.717, 1.165) is 38.4 Å². The van der Waals surface area contributed by atoms with Gasteiger partial charge in [-0.05, 0) is 24.5 Å². The molecule has 0 aromatic carbocycles. The van der Waals surface area contributed by atoms with Crippen LogP contribution in [0.5, 0.6) is 0 Å². The number of hydrogen-bond donors (Lipinski definition) is 2. The second-order valence-corrected chi connectivity index (χ2v) is 4.25. The lowest BCUT2D eigenvalue weighted by atomic mass is 10.1. The Kier molecular flexibility index (Phi) is 4.17. The molecule has 1 aliphatic rings. The van der Waals surface area contributed by atoms with Crippen LogP contribution >= 0.6 is 0 Å². The van der Waals surface area contributed by atoms with E-state index in [1.54, 1.807) is 6.07 Å². The van der Waals surface area contributed by atoms with Crippen molar-refractivity contribution in [3.63, 3.8) is 0 Å². The van der Waals surface area contributed by atoms with Crippen LogP contribution in [0.1, 0.15) is 22.6 Å². The zero-order chi connectivity index (χ0) is 12.1. The van der Waals surface area contributed by atoms with Gasteiger partial charge in [-0.2, -0.15) is 0 Å². The van der Waals surface area contributed by atoms with Gasteiger partial charge in [0.1, 0.15) is 5.69 Å². The Hall–Kier alpha value is -1.33. The second kappa shape index (κ2) is 5.84. The molecule has 0 amide bonds. The molecule has 1 fully saturated rings. The van der Waals surface area contributed by atoms with Crippen molar-refractivity contribution in [2.24, 2.45) is 5.92 Å². The Bertz CT molecular complexity index is 370. The number of H-pyrrole nitrogens is 1. The maximum atomic E-state index is 11.2. The van der Waals surface area contributed by atoms with E-state index in [9.17, 15) is 4.79 Å². The van der Waals surface area contributed by atoms with Crippen molar-refractivity contribution >= 4 is 5.97 Å². The number of aromatic amines is 1. The van der Waals surface area contributed by atoms with Crippen molar-refractivity contribution < 1.29 is 14.3 Å². The van der Waals surface area contributed by atoms with E-state index in [2.05, 4.69) is 15.0 Å². The van der Waals surface area contributed by atoms with Crippen molar-refractivity contribution in [2.75, 3.05) is 26.9 Å². The van der Waals surface area contributed by atoms with Crippen molar-refractivity contribution in [3.8, 4) is 0 Å². The monoisotopic (exact) mass is 238 g/mol. The first-order valence-corrected chi connectivity index (χ1v) is 5.84. The molecule has 1 aromatic rings. The van der Waals surface area contributed by atoms with Crippen molar-refractivity contribution in [1.82, 2.24) is 10.3 Å². The number of carbonyl (C=O) groups is 1. The van der Waals surface area contributed by atoms with Gasteiger partial charge in [0.15, 0.2) is 0 Å². The van der Waals surface area contributed by atoms with Gasteiger partial charge in [-0.1, -0.05) is 0 Å². The highest BCUT2D eigenvalue weighted by molar-refractivity contribution is 5.87. The molecule has 0 aliphatic carbocycles. The smallest absolute Gasteiger partial charge is 0.354 e. The Morgan fingerprint density at radius 2 is 2.53 bits per heavy atom. The summed E-state index contributed by atoms with van der Waals surface area (Å²) in [6.45, 7) is 3.41. The normalized spacial score (nSPS) is 19.5. The summed E-state index contributed by atoms with van der Waals surface area (Å²) >= 11 is 0. The summed E-state index contributed by atoms with van der Waals surface area (Å²) in [7, 11) is 1.38. The number of esters is 1. The maximum absolute atomic E-state index is 11.2. The number of rotatable bonds is 5. The van der Waals surface area contributed by atoms with E-state index >= 15 is 0 Å². The molecule has 94 valence electrons. The third-order valence-corrected chi connectivity index (χ3v) is 2.92. The lowest BCUT2D eigenvalue weighted by Crippen LogP contribution is -2.22. The highest BCUT2D eigenvalue weighted by Crippen LogP contribution is 2.11. The van der Waals surface area contributed by atoms with Gasteiger partial charge in [0.25, 0.3) is 0 Å². The van der Waals surface area contributed by atoms with Gasteiger partial charge < -0.3 is 19.8 Å². The van der Waals surface area contributed by atoms with Crippen molar-refractivity contribution in [2.45, 2.75) is 13.0 Å². The third-order valence-electron chi connectivity index (χ3n) is 2.92. The molecule has 1 saturated heterocycles. The molecule has 2 N–H and O–H groups in total. The summed E-state index contributed by atoms with van der Waals surface area (Å²) in [6, 6.07) is 3.63. The first-order valence-electron chi connectivity index (χ1n) is 5.84. The summed E-state index contributed by atoms with van der Waals surface area (Å²) in [5, 5.41) is 3.35. The van der Waals surface area contributed by atoms with Gasteiger partial charge in [0, 0.05) is 25.4 Å². The summed E-state index contributed by atoms with van der Waals surface area (Å²) in [5.74, 6) is 0.283. The molecular formula is C12H18N2O3. The minimum atomic E-state index is -0.333. The predicted molar refractivity (Wildman–Crippen MR) is 62.8 cm³/mol. The van der Waals surface area contributed by atoms with Crippen molar-refractivity contribution in [1.29, 1.82) is 0 Å². The summed E-state index contributed by atoms with van der Waals surface area (Å²) < 4.78 is 9.93. The average molecular weight is 238 g/mol. The number of nitrogens with one attached hydrogen (secondary N) is 2. The quantitative estimate of drug-likeness (QED) is 0.749. The van der Waals surface area contributed by atoms with E-state index in [1.165, 1.54) is 7.11 Å². The van der Waals surface area contributed by atoms with Gasteiger partial charge in [-0.3, -0.25) is 0 Å². The highest BCUT2D eigenvalue weighted by atomic mass is 16.5. The van der Waals surface area contributed by atoms with Crippen molar-refractivity contribution in [3.05, 3.63) is 23.5 Å². The molecule has 1 atom stereocenters. The van der Waals surface area contributed by atoms with E-state index in [1.807, 2.05) is 6.07 Å². The Labute approximate surface area is 100 Å². The summed E-state index contributed by atoms with van der Waals surface area (Å²) in [4.78, 5) is 14.2. The zero-order valence-electron chi connectivity index (χ0n) is 9.99. The molecule has 0 radical (unpaired) electrons. The zero-order valence-corrected chi connectivity index (χ0v) is 9.99. The fourth-order valence-electron chi connectivity index (χ4n) is 1.93. The van der Waals surface area contributed by atoms with E-state index in [0.29, 0.717) is 11.6 Å². The lowest BCUT2D eigenvalue weighted by molar-refractivity contribution is 0.0594.